The van der Waals surface area contributed by atoms with Gasteiger partial charge in [0.25, 0.3) is 0 Å². The number of ether oxygens (including phenoxy) is 1. The minimum absolute atomic E-state index is 0.463. The standard InChI is InChI=1S/C23H25N3O2/c1-2-27-19-12-7-17(8-13-19)23-24-22(28-25-23)15-26(18-10-11-18)21-14-9-16-5-3-4-6-20(16)21/h3-8,12-13,18,21H,2,9-11,14-15H2,1H3. The maximum Gasteiger partial charge on any atom is 0.241 e. The van der Waals surface area contributed by atoms with Gasteiger partial charge in [-0.25, -0.2) is 0 Å². The Morgan fingerprint density at radius 1 is 1.07 bits per heavy atom. The van der Waals surface area contributed by atoms with Crippen molar-refractivity contribution in [3.8, 4) is 17.1 Å². The third kappa shape index (κ3) is 3.42. The molecule has 2 aromatic carbocycles. The van der Waals surface area contributed by atoms with E-state index in [0.717, 1.165) is 17.7 Å². The number of aromatic nitrogens is 2. The van der Waals surface area contributed by atoms with E-state index in [1.807, 2.05) is 31.2 Å². The quantitative estimate of drug-likeness (QED) is 0.594. The number of rotatable bonds is 7. The zero-order valence-corrected chi connectivity index (χ0v) is 16.2. The van der Waals surface area contributed by atoms with E-state index in [1.54, 1.807) is 0 Å². The third-order valence-electron chi connectivity index (χ3n) is 5.73. The molecular formula is C23H25N3O2. The van der Waals surface area contributed by atoms with Crippen LogP contribution in [0.2, 0.25) is 0 Å². The Kier molecular flexibility index (Phi) is 4.61. The van der Waals surface area contributed by atoms with Crippen molar-refractivity contribution in [2.45, 2.75) is 51.2 Å². The van der Waals surface area contributed by atoms with Gasteiger partial charge in [-0.05, 0) is 68.0 Å². The van der Waals surface area contributed by atoms with Crippen LogP contribution >= 0.6 is 0 Å². The van der Waals surface area contributed by atoms with E-state index in [1.165, 1.54) is 30.4 Å². The van der Waals surface area contributed by atoms with Gasteiger partial charge in [0.1, 0.15) is 5.75 Å². The number of nitrogens with zero attached hydrogens (tertiary/aromatic N) is 3. The van der Waals surface area contributed by atoms with Crippen LogP contribution in [0.1, 0.15) is 49.2 Å². The monoisotopic (exact) mass is 375 g/mol. The summed E-state index contributed by atoms with van der Waals surface area (Å²) in [6.07, 6.45) is 4.86. The molecule has 1 fully saturated rings. The summed E-state index contributed by atoms with van der Waals surface area (Å²) in [5.41, 5.74) is 3.90. The lowest BCUT2D eigenvalue weighted by Gasteiger charge is -2.28. The molecule has 0 spiro atoms. The largest absolute Gasteiger partial charge is 0.494 e. The van der Waals surface area contributed by atoms with Crippen LogP contribution in [0.4, 0.5) is 0 Å². The van der Waals surface area contributed by atoms with Crippen molar-refractivity contribution in [1.82, 2.24) is 15.0 Å². The fourth-order valence-corrected chi connectivity index (χ4v) is 4.24. The van der Waals surface area contributed by atoms with Gasteiger partial charge in [0.2, 0.25) is 11.7 Å². The van der Waals surface area contributed by atoms with Crippen molar-refractivity contribution in [1.29, 1.82) is 0 Å². The molecule has 28 heavy (non-hydrogen) atoms. The van der Waals surface area contributed by atoms with Crippen molar-refractivity contribution in [3.05, 3.63) is 65.5 Å². The molecule has 2 aliphatic carbocycles. The van der Waals surface area contributed by atoms with Crippen LogP contribution in [-0.4, -0.2) is 27.7 Å². The van der Waals surface area contributed by atoms with E-state index in [-0.39, 0.29) is 0 Å². The van der Waals surface area contributed by atoms with Gasteiger partial charge in [0.15, 0.2) is 0 Å². The van der Waals surface area contributed by atoms with Crippen LogP contribution in [0.25, 0.3) is 11.4 Å². The molecule has 1 aromatic heterocycles. The molecule has 2 aliphatic rings. The van der Waals surface area contributed by atoms with Crippen LogP contribution in [0, 0.1) is 0 Å². The van der Waals surface area contributed by atoms with E-state index in [0.29, 0.717) is 37.0 Å². The smallest absolute Gasteiger partial charge is 0.241 e. The van der Waals surface area contributed by atoms with Crippen LogP contribution in [0.5, 0.6) is 5.75 Å². The lowest BCUT2D eigenvalue weighted by molar-refractivity contribution is 0.154. The normalized spacial score (nSPS) is 18.4. The molecule has 1 saturated carbocycles. The molecule has 0 amide bonds. The maximum absolute atomic E-state index is 5.62. The molecule has 144 valence electrons. The van der Waals surface area contributed by atoms with Gasteiger partial charge in [0, 0.05) is 17.6 Å². The molecule has 3 aromatic rings. The lowest BCUT2D eigenvalue weighted by atomic mass is 10.1. The Balaban J connectivity index is 1.34. The van der Waals surface area contributed by atoms with Crippen LogP contribution in [-0.2, 0) is 13.0 Å². The predicted molar refractivity (Wildman–Crippen MR) is 107 cm³/mol. The van der Waals surface area contributed by atoms with Gasteiger partial charge in [-0.1, -0.05) is 29.4 Å². The van der Waals surface area contributed by atoms with Crippen molar-refractivity contribution in [3.63, 3.8) is 0 Å². The Morgan fingerprint density at radius 2 is 1.89 bits per heavy atom. The minimum Gasteiger partial charge on any atom is -0.494 e. The van der Waals surface area contributed by atoms with Gasteiger partial charge in [-0.15, -0.1) is 0 Å². The second-order valence-corrected chi connectivity index (χ2v) is 7.63. The Hall–Kier alpha value is -2.66. The summed E-state index contributed by atoms with van der Waals surface area (Å²) >= 11 is 0. The summed E-state index contributed by atoms with van der Waals surface area (Å²) in [6, 6.07) is 17.8. The van der Waals surface area contributed by atoms with Gasteiger partial charge in [-0.3, -0.25) is 4.90 Å². The van der Waals surface area contributed by atoms with E-state index in [2.05, 4.69) is 39.3 Å². The summed E-state index contributed by atoms with van der Waals surface area (Å²) in [5.74, 6) is 2.19. The molecule has 0 saturated heterocycles. The number of hydrogen-bond acceptors (Lipinski definition) is 5. The van der Waals surface area contributed by atoms with Crippen molar-refractivity contribution >= 4 is 0 Å². The highest BCUT2D eigenvalue weighted by Gasteiger charge is 2.38. The average Bonchev–Trinajstić information content (AvgIpc) is 3.31. The lowest BCUT2D eigenvalue weighted by Crippen LogP contribution is -2.29. The second-order valence-electron chi connectivity index (χ2n) is 7.63. The zero-order valence-electron chi connectivity index (χ0n) is 16.2. The maximum atomic E-state index is 5.62. The van der Waals surface area contributed by atoms with Crippen LogP contribution < -0.4 is 4.74 Å². The summed E-state index contributed by atoms with van der Waals surface area (Å²) < 4.78 is 11.1. The Morgan fingerprint density at radius 3 is 2.68 bits per heavy atom. The summed E-state index contributed by atoms with van der Waals surface area (Å²) in [4.78, 5) is 7.24. The first-order valence-electron chi connectivity index (χ1n) is 10.2. The van der Waals surface area contributed by atoms with Gasteiger partial charge >= 0.3 is 0 Å². The van der Waals surface area contributed by atoms with Crippen molar-refractivity contribution in [2.75, 3.05) is 6.61 Å². The fourth-order valence-electron chi connectivity index (χ4n) is 4.24. The van der Waals surface area contributed by atoms with Gasteiger partial charge < -0.3 is 9.26 Å². The van der Waals surface area contributed by atoms with Crippen molar-refractivity contribution in [2.24, 2.45) is 0 Å². The highest BCUT2D eigenvalue weighted by molar-refractivity contribution is 5.55. The predicted octanol–water partition coefficient (Wildman–Crippen LogP) is 4.79. The molecule has 0 N–H and O–H groups in total. The number of fused-ring (bicyclic) bond motifs is 1. The number of aryl methyl sites for hydroxylation is 1. The molecule has 5 rings (SSSR count). The molecule has 1 atom stereocenters. The van der Waals surface area contributed by atoms with E-state index < -0.39 is 0 Å². The topological polar surface area (TPSA) is 51.4 Å². The molecule has 5 heteroatoms. The molecule has 1 heterocycles. The van der Waals surface area contributed by atoms with Crippen LogP contribution in [0.15, 0.2) is 53.1 Å². The van der Waals surface area contributed by atoms with Gasteiger partial charge in [-0.2, -0.15) is 4.98 Å². The second kappa shape index (κ2) is 7.40. The summed E-state index contributed by atoms with van der Waals surface area (Å²) in [5, 5.41) is 4.21. The van der Waals surface area contributed by atoms with E-state index >= 15 is 0 Å². The molecular weight excluding hydrogens is 350 g/mol. The SMILES string of the molecule is CCOc1ccc(-c2noc(CN(C3CC3)C3CCc4ccccc43)n2)cc1. The zero-order chi connectivity index (χ0) is 18.9. The average molecular weight is 375 g/mol. The minimum atomic E-state index is 0.463. The fraction of sp³-hybridized carbons (Fsp3) is 0.391. The molecule has 0 radical (unpaired) electrons. The summed E-state index contributed by atoms with van der Waals surface area (Å²) in [6.45, 7) is 3.36. The van der Waals surface area contributed by atoms with Crippen molar-refractivity contribution < 1.29 is 9.26 Å². The number of hydrogen-bond donors (Lipinski definition) is 0. The highest BCUT2D eigenvalue weighted by Crippen LogP contribution is 2.42. The highest BCUT2D eigenvalue weighted by atomic mass is 16.5. The molecule has 0 bridgehead atoms. The van der Waals surface area contributed by atoms with E-state index in [4.69, 9.17) is 9.26 Å². The van der Waals surface area contributed by atoms with Crippen LogP contribution in [0.3, 0.4) is 0 Å². The molecule has 0 aliphatic heterocycles. The molecule has 1 unspecified atom stereocenters. The first-order valence-corrected chi connectivity index (χ1v) is 10.2. The Bertz CT molecular complexity index is 946. The first kappa shape index (κ1) is 17.4. The summed E-state index contributed by atoms with van der Waals surface area (Å²) in [7, 11) is 0. The molecule has 5 nitrogen and oxygen atoms in total. The number of benzene rings is 2. The third-order valence-corrected chi connectivity index (χ3v) is 5.73. The Labute approximate surface area is 165 Å². The van der Waals surface area contributed by atoms with Gasteiger partial charge in [0.05, 0.1) is 13.2 Å². The first-order chi connectivity index (χ1) is 13.8. The van der Waals surface area contributed by atoms with E-state index in [9.17, 15) is 0 Å².